The van der Waals surface area contributed by atoms with Crippen molar-refractivity contribution in [3.63, 3.8) is 0 Å². The molecule has 0 bridgehead atoms. The lowest BCUT2D eigenvalue weighted by Gasteiger charge is -2.19. The van der Waals surface area contributed by atoms with E-state index in [4.69, 9.17) is 16.3 Å². The van der Waals surface area contributed by atoms with Crippen LogP contribution in [0, 0.1) is 5.82 Å². The molecule has 0 spiro atoms. The first-order valence-corrected chi connectivity index (χ1v) is 9.07. The number of aromatic nitrogens is 1. The summed E-state index contributed by atoms with van der Waals surface area (Å²) >= 11 is 6.16. The molecule has 0 aliphatic rings. The van der Waals surface area contributed by atoms with Gasteiger partial charge in [0.2, 0.25) is 0 Å². The summed E-state index contributed by atoms with van der Waals surface area (Å²) in [5.74, 6) is -1.10. The lowest BCUT2D eigenvalue weighted by Crippen LogP contribution is -2.09. The Hall–Kier alpha value is -3.09. The van der Waals surface area contributed by atoms with E-state index in [1.165, 1.54) is 32.4 Å². The second-order valence-corrected chi connectivity index (χ2v) is 6.57. The monoisotopic (exact) mass is 415 g/mol. The fourth-order valence-electron chi connectivity index (χ4n) is 3.00. The minimum absolute atomic E-state index is 0.0350. The van der Waals surface area contributed by atoms with Crippen LogP contribution in [-0.4, -0.2) is 29.9 Å². The zero-order chi connectivity index (χ0) is 21.0. The van der Waals surface area contributed by atoms with Crippen LogP contribution in [0.5, 0.6) is 5.75 Å². The number of carbonyl (C=O) groups excluding carboxylic acids is 1. The molecule has 0 amide bonds. The van der Waals surface area contributed by atoms with E-state index >= 15 is 0 Å². The molecule has 1 unspecified atom stereocenters. The van der Waals surface area contributed by atoms with E-state index in [1.54, 1.807) is 53.2 Å². The van der Waals surface area contributed by atoms with Crippen LogP contribution < -0.4 is 4.74 Å². The van der Waals surface area contributed by atoms with Gasteiger partial charge in [-0.25, -0.2) is 9.18 Å². The SMILES string of the molecule is COC(=O)C=Cc1cccn1-c1ccc(Cl)cc1C(O)c1cccc(OC)c1F. The maximum atomic E-state index is 14.7. The second-order valence-electron chi connectivity index (χ2n) is 6.13. The Balaban J connectivity index is 2.10. The molecule has 0 saturated carbocycles. The number of aliphatic hydroxyl groups excluding tert-OH is 1. The molecule has 29 heavy (non-hydrogen) atoms. The number of esters is 1. The summed E-state index contributed by atoms with van der Waals surface area (Å²) in [5.41, 5.74) is 1.70. The Morgan fingerprint density at radius 2 is 1.97 bits per heavy atom. The highest BCUT2D eigenvalue weighted by Gasteiger charge is 2.22. The lowest BCUT2D eigenvalue weighted by atomic mass is 9.98. The van der Waals surface area contributed by atoms with Gasteiger partial charge in [0.05, 0.1) is 19.9 Å². The van der Waals surface area contributed by atoms with Gasteiger partial charge in [0.25, 0.3) is 0 Å². The van der Waals surface area contributed by atoms with Gasteiger partial charge in [-0.2, -0.15) is 0 Å². The molecule has 1 heterocycles. The van der Waals surface area contributed by atoms with Crippen LogP contribution >= 0.6 is 11.6 Å². The molecule has 5 nitrogen and oxygen atoms in total. The van der Waals surface area contributed by atoms with Crippen LogP contribution in [0.3, 0.4) is 0 Å². The van der Waals surface area contributed by atoms with Crippen molar-refractivity contribution in [2.75, 3.05) is 14.2 Å². The van der Waals surface area contributed by atoms with Crippen LogP contribution in [0.15, 0.2) is 60.8 Å². The number of nitrogens with zero attached hydrogens (tertiary/aromatic N) is 1. The molecule has 0 saturated heterocycles. The first kappa shape index (κ1) is 20.6. The van der Waals surface area contributed by atoms with Crippen molar-refractivity contribution in [3.05, 3.63) is 88.5 Å². The molecule has 3 aromatic rings. The van der Waals surface area contributed by atoms with Gasteiger partial charge in [0.1, 0.15) is 6.10 Å². The van der Waals surface area contributed by atoms with E-state index in [0.717, 1.165) is 0 Å². The fourth-order valence-corrected chi connectivity index (χ4v) is 3.18. The largest absolute Gasteiger partial charge is 0.494 e. The molecule has 7 heteroatoms. The first-order valence-electron chi connectivity index (χ1n) is 8.70. The fraction of sp³-hybridized carbons (Fsp3) is 0.136. The third-order valence-corrected chi connectivity index (χ3v) is 4.66. The van der Waals surface area contributed by atoms with Gasteiger partial charge in [0, 0.05) is 34.1 Å². The molecule has 150 valence electrons. The summed E-state index contributed by atoms with van der Waals surface area (Å²) in [6.45, 7) is 0. The molecule has 2 aromatic carbocycles. The van der Waals surface area contributed by atoms with Crippen LogP contribution in [0.25, 0.3) is 11.8 Å². The maximum Gasteiger partial charge on any atom is 0.330 e. The van der Waals surface area contributed by atoms with Crippen molar-refractivity contribution in [2.45, 2.75) is 6.10 Å². The summed E-state index contributed by atoms with van der Waals surface area (Å²) in [7, 11) is 2.65. The number of hydrogen-bond acceptors (Lipinski definition) is 4. The normalized spacial score (nSPS) is 12.2. The van der Waals surface area contributed by atoms with E-state index < -0.39 is 17.9 Å². The van der Waals surface area contributed by atoms with Gasteiger partial charge in [-0.05, 0) is 42.5 Å². The first-order chi connectivity index (χ1) is 14.0. The van der Waals surface area contributed by atoms with E-state index in [-0.39, 0.29) is 11.3 Å². The highest BCUT2D eigenvalue weighted by Crippen LogP contribution is 2.34. The smallest absolute Gasteiger partial charge is 0.330 e. The van der Waals surface area contributed by atoms with Crippen molar-refractivity contribution in [1.82, 2.24) is 4.57 Å². The standard InChI is InChI=1S/C22H19ClFNO4/c1-28-19-7-3-6-16(21(19)24)22(27)17-13-14(23)8-10-18(17)25-12-4-5-15(25)9-11-20(26)29-2/h3-13,22,27H,1-2H3. The number of methoxy groups -OCH3 is 2. The van der Waals surface area contributed by atoms with Crippen LogP contribution in [0.2, 0.25) is 5.02 Å². The number of hydrogen-bond donors (Lipinski definition) is 1. The topological polar surface area (TPSA) is 60.7 Å². The van der Waals surface area contributed by atoms with Crippen LogP contribution in [-0.2, 0) is 9.53 Å². The van der Waals surface area contributed by atoms with Crippen molar-refractivity contribution in [2.24, 2.45) is 0 Å². The molecule has 1 aromatic heterocycles. The zero-order valence-electron chi connectivity index (χ0n) is 15.8. The lowest BCUT2D eigenvalue weighted by molar-refractivity contribution is -0.134. The average Bonchev–Trinajstić information content (AvgIpc) is 3.20. The van der Waals surface area contributed by atoms with E-state index in [9.17, 15) is 14.3 Å². The number of rotatable bonds is 6. The van der Waals surface area contributed by atoms with Gasteiger partial charge < -0.3 is 19.1 Å². The number of carbonyl (C=O) groups is 1. The molecule has 1 N–H and O–H groups in total. The molecule has 3 rings (SSSR count). The van der Waals surface area contributed by atoms with Crippen molar-refractivity contribution in [3.8, 4) is 11.4 Å². The minimum Gasteiger partial charge on any atom is -0.494 e. The summed E-state index contributed by atoms with van der Waals surface area (Å²) in [6, 6.07) is 13.1. The third-order valence-electron chi connectivity index (χ3n) is 4.42. The van der Waals surface area contributed by atoms with Gasteiger partial charge in [0.15, 0.2) is 11.6 Å². The van der Waals surface area contributed by atoms with E-state index in [2.05, 4.69) is 4.74 Å². The molecular weight excluding hydrogens is 397 g/mol. The highest BCUT2D eigenvalue weighted by molar-refractivity contribution is 6.30. The molecule has 0 aliphatic carbocycles. The number of ether oxygens (including phenoxy) is 2. The highest BCUT2D eigenvalue weighted by atomic mass is 35.5. The minimum atomic E-state index is -1.29. The summed E-state index contributed by atoms with van der Waals surface area (Å²) < 4.78 is 26.1. The maximum absolute atomic E-state index is 14.7. The zero-order valence-corrected chi connectivity index (χ0v) is 16.6. The van der Waals surface area contributed by atoms with Gasteiger partial charge in [-0.15, -0.1) is 0 Å². The predicted molar refractivity (Wildman–Crippen MR) is 109 cm³/mol. The predicted octanol–water partition coefficient (Wildman–Crippen LogP) is 4.55. The van der Waals surface area contributed by atoms with Crippen molar-refractivity contribution in [1.29, 1.82) is 0 Å². The summed E-state index contributed by atoms with van der Waals surface area (Å²) in [6.07, 6.45) is 3.35. The Labute approximate surface area is 172 Å². The van der Waals surface area contributed by atoms with Crippen molar-refractivity contribution >= 4 is 23.6 Å². The second kappa shape index (κ2) is 8.94. The summed E-state index contributed by atoms with van der Waals surface area (Å²) in [4.78, 5) is 11.4. The third kappa shape index (κ3) is 4.34. The van der Waals surface area contributed by atoms with Crippen LogP contribution in [0.1, 0.15) is 22.9 Å². The molecular formula is C22H19ClFNO4. The molecule has 1 atom stereocenters. The Morgan fingerprint density at radius 1 is 1.17 bits per heavy atom. The van der Waals surface area contributed by atoms with Gasteiger partial charge in [-0.3, -0.25) is 0 Å². The average molecular weight is 416 g/mol. The quantitative estimate of drug-likeness (QED) is 0.474. The number of aliphatic hydroxyl groups is 1. The summed E-state index contributed by atoms with van der Waals surface area (Å²) in [5, 5.41) is 11.4. The van der Waals surface area contributed by atoms with E-state index in [0.29, 0.717) is 22.0 Å². The molecule has 0 aliphatic heterocycles. The molecule has 0 radical (unpaired) electrons. The Morgan fingerprint density at radius 3 is 2.69 bits per heavy atom. The van der Waals surface area contributed by atoms with Gasteiger partial charge in [-0.1, -0.05) is 23.7 Å². The van der Waals surface area contributed by atoms with Crippen molar-refractivity contribution < 1.29 is 23.8 Å². The Bertz CT molecular complexity index is 1060. The van der Waals surface area contributed by atoms with Crippen LogP contribution in [0.4, 0.5) is 4.39 Å². The van der Waals surface area contributed by atoms with E-state index in [1.807, 2.05) is 0 Å². The number of benzene rings is 2. The number of halogens is 2. The van der Waals surface area contributed by atoms with Gasteiger partial charge >= 0.3 is 5.97 Å². The molecule has 0 fully saturated rings. The Kier molecular flexibility index (Phi) is 6.36.